The van der Waals surface area contributed by atoms with Crippen molar-refractivity contribution in [3.63, 3.8) is 0 Å². The van der Waals surface area contributed by atoms with Crippen LogP contribution in [0.25, 0.3) is 10.9 Å². The number of carbonyl (C=O) groups excluding carboxylic acids is 1. The Bertz CT molecular complexity index is 1060. The SMILES string of the molecule is CCC1=C[C@H]2CN(C1)Cc1c([nH]c3ccc(C#CCOC)cc13)[C@](I)(C(=O)OC)C2. The van der Waals surface area contributed by atoms with Gasteiger partial charge in [0.1, 0.15) is 6.61 Å². The van der Waals surface area contributed by atoms with Crippen molar-refractivity contribution in [2.75, 3.05) is 33.9 Å². The van der Waals surface area contributed by atoms with E-state index in [4.69, 9.17) is 9.47 Å². The summed E-state index contributed by atoms with van der Waals surface area (Å²) >= 11 is 2.31. The van der Waals surface area contributed by atoms with Crippen molar-refractivity contribution in [2.45, 2.75) is 29.7 Å². The minimum atomic E-state index is -0.744. The van der Waals surface area contributed by atoms with E-state index in [0.29, 0.717) is 12.5 Å². The molecule has 3 heterocycles. The third kappa shape index (κ3) is 3.91. The molecule has 1 unspecified atom stereocenters. The van der Waals surface area contributed by atoms with Gasteiger partial charge in [-0.3, -0.25) is 9.69 Å². The van der Waals surface area contributed by atoms with Crippen LogP contribution in [0.15, 0.2) is 29.8 Å². The quantitative estimate of drug-likeness (QED) is 0.218. The molecule has 0 amide bonds. The number of benzene rings is 1. The Morgan fingerprint density at radius 2 is 2.20 bits per heavy atom. The molecule has 5 nitrogen and oxygen atoms in total. The first-order valence-corrected chi connectivity index (χ1v) is 11.4. The van der Waals surface area contributed by atoms with Crippen LogP contribution in [0.3, 0.4) is 0 Å². The number of halogens is 1. The van der Waals surface area contributed by atoms with Crippen molar-refractivity contribution in [1.29, 1.82) is 0 Å². The van der Waals surface area contributed by atoms with Crippen molar-refractivity contribution < 1.29 is 14.3 Å². The molecule has 0 saturated carbocycles. The smallest absolute Gasteiger partial charge is 0.327 e. The highest BCUT2D eigenvalue weighted by Gasteiger charge is 2.46. The number of esters is 1. The normalized spacial score (nSPS) is 25.4. The summed E-state index contributed by atoms with van der Waals surface area (Å²) in [6.07, 6.45) is 4.14. The van der Waals surface area contributed by atoms with Crippen molar-refractivity contribution >= 4 is 39.5 Å². The zero-order valence-electron chi connectivity index (χ0n) is 17.7. The molecule has 158 valence electrons. The summed E-state index contributed by atoms with van der Waals surface area (Å²) in [4.78, 5) is 19.1. The molecule has 0 saturated heterocycles. The summed E-state index contributed by atoms with van der Waals surface area (Å²) in [6.45, 7) is 5.37. The van der Waals surface area contributed by atoms with E-state index in [2.05, 4.69) is 69.4 Å². The Morgan fingerprint density at radius 3 is 2.93 bits per heavy atom. The summed E-state index contributed by atoms with van der Waals surface area (Å²) in [6, 6.07) is 6.20. The maximum Gasteiger partial charge on any atom is 0.327 e. The van der Waals surface area contributed by atoms with Crippen molar-refractivity contribution in [3.8, 4) is 11.8 Å². The number of H-pyrrole nitrogens is 1. The Labute approximate surface area is 191 Å². The standard InChI is InChI=1S/C24H27IN2O3/c1-4-16-10-18-12-24(25,23(28)30-3)22-20(15-27(13-16)14-18)19-11-17(6-5-9-29-2)7-8-21(19)26-22/h7-8,10-11,18,26H,4,9,12-15H2,1-3H3/t18-,24+/m1/s1. The van der Waals surface area contributed by atoms with E-state index in [0.717, 1.165) is 54.6 Å². The number of rotatable bonds is 3. The van der Waals surface area contributed by atoms with Gasteiger partial charge in [-0.25, -0.2) is 0 Å². The maximum atomic E-state index is 13.0. The Kier molecular flexibility index (Phi) is 6.24. The summed E-state index contributed by atoms with van der Waals surface area (Å²) in [5.74, 6) is 6.34. The second kappa shape index (κ2) is 8.74. The van der Waals surface area contributed by atoms with Crippen LogP contribution in [0.2, 0.25) is 0 Å². The first-order valence-electron chi connectivity index (χ1n) is 10.3. The van der Waals surface area contributed by atoms with Crippen LogP contribution >= 0.6 is 22.6 Å². The predicted octanol–water partition coefficient (Wildman–Crippen LogP) is 4.14. The lowest BCUT2D eigenvalue weighted by Gasteiger charge is -2.39. The number of nitrogens with one attached hydrogen (secondary N) is 1. The molecule has 0 radical (unpaired) electrons. The molecular weight excluding hydrogens is 491 g/mol. The van der Waals surface area contributed by atoms with Gasteiger partial charge in [0.2, 0.25) is 0 Å². The molecule has 6 heteroatoms. The highest BCUT2D eigenvalue weighted by Crippen LogP contribution is 2.46. The van der Waals surface area contributed by atoms with Gasteiger partial charge in [-0.05, 0) is 42.5 Å². The first kappa shape index (κ1) is 21.4. The van der Waals surface area contributed by atoms with E-state index in [1.165, 1.54) is 18.2 Å². The number of hydrogen-bond donors (Lipinski definition) is 1. The minimum Gasteiger partial charge on any atom is -0.468 e. The lowest BCUT2D eigenvalue weighted by Crippen LogP contribution is -2.43. The molecule has 2 aliphatic rings. The second-order valence-corrected chi connectivity index (χ2v) is 9.92. The highest BCUT2D eigenvalue weighted by atomic mass is 127. The predicted molar refractivity (Wildman–Crippen MR) is 127 cm³/mol. The molecule has 2 aromatic rings. The van der Waals surface area contributed by atoms with Crippen LogP contribution in [0.5, 0.6) is 0 Å². The number of aromatic nitrogens is 1. The number of aromatic amines is 1. The number of alkyl halides is 1. The number of hydrogen-bond acceptors (Lipinski definition) is 4. The molecule has 0 aliphatic carbocycles. The zero-order chi connectivity index (χ0) is 21.3. The van der Waals surface area contributed by atoms with Gasteiger partial charge in [0, 0.05) is 48.9 Å². The molecule has 1 N–H and O–H groups in total. The zero-order valence-corrected chi connectivity index (χ0v) is 19.8. The average Bonchev–Trinajstić information content (AvgIpc) is 3.10. The Hall–Kier alpha value is -1.82. The molecule has 3 atom stereocenters. The number of methoxy groups -OCH3 is 2. The number of ether oxygens (including phenoxy) is 2. The van der Waals surface area contributed by atoms with Crippen LogP contribution < -0.4 is 0 Å². The molecule has 30 heavy (non-hydrogen) atoms. The third-order valence-corrected chi connectivity index (χ3v) is 7.45. The van der Waals surface area contributed by atoms with Crippen LogP contribution in [0, 0.1) is 17.8 Å². The highest BCUT2D eigenvalue weighted by molar-refractivity contribution is 14.1. The molecule has 0 spiro atoms. The van der Waals surface area contributed by atoms with Gasteiger partial charge in [0.05, 0.1) is 7.11 Å². The number of fused-ring (bicyclic) bond motifs is 5. The van der Waals surface area contributed by atoms with Gasteiger partial charge in [-0.2, -0.15) is 0 Å². The molecule has 1 aromatic carbocycles. The van der Waals surface area contributed by atoms with Gasteiger partial charge >= 0.3 is 5.97 Å². The number of carbonyl (C=O) groups is 1. The molecule has 2 aliphatic heterocycles. The van der Waals surface area contributed by atoms with E-state index < -0.39 is 3.42 Å². The average molecular weight is 518 g/mol. The maximum absolute atomic E-state index is 13.0. The molecular formula is C24H27IN2O3. The number of nitrogens with zero attached hydrogens (tertiary/aromatic N) is 1. The molecule has 2 bridgehead atoms. The first-order chi connectivity index (χ1) is 14.5. The second-order valence-electron chi connectivity index (χ2n) is 8.08. The minimum absolute atomic E-state index is 0.193. The fourth-order valence-electron chi connectivity index (χ4n) is 4.67. The van der Waals surface area contributed by atoms with E-state index in [1.807, 2.05) is 6.07 Å². The van der Waals surface area contributed by atoms with E-state index in [-0.39, 0.29) is 5.97 Å². The van der Waals surface area contributed by atoms with Gasteiger partial charge in [-0.1, -0.05) is 53.0 Å². The van der Waals surface area contributed by atoms with Crippen molar-refractivity contribution in [2.24, 2.45) is 5.92 Å². The van der Waals surface area contributed by atoms with Gasteiger partial charge < -0.3 is 14.5 Å². The van der Waals surface area contributed by atoms with Crippen LogP contribution in [0.1, 0.15) is 36.6 Å². The fourth-order valence-corrected chi connectivity index (χ4v) is 5.91. The van der Waals surface area contributed by atoms with E-state index in [1.54, 1.807) is 7.11 Å². The van der Waals surface area contributed by atoms with Crippen molar-refractivity contribution in [1.82, 2.24) is 9.88 Å². The van der Waals surface area contributed by atoms with Crippen LogP contribution in [0.4, 0.5) is 0 Å². The summed E-state index contributed by atoms with van der Waals surface area (Å²) in [7, 11) is 3.12. The fraction of sp³-hybridized carbons (Fsp3) is 0.458. The van der Waals surface area contributed by atoms with Crippen LogP contribution in [-0.4, -0.2) is 49.8 Å². The van der Waals surface area contributed by atoms with Gasteiger partial charge in [0.15, 0.2) is 3.42 Å². The lowest BCUT2D eigenvalue weighted by atomic mass is 9.84. The monoisotopic (exact) mass is 518 g/mol. The van der Waals surface area contributed by atoms with Crippen LogP contribution in [-0.2, 0) is 24.2 Å². The third-order valence-electron chi connectivity index (χ3n) is 6.03. The Balaban J connectivity index is 1.87. The summed E-state index contributed by atoms with van der Waals surface area (Å²) < 4.78 is 9.59. The topological polar surface area (TPSA) is 54.6 Å². The van der Waals surface area contributed by atoms with E-state index in [9.17, 15) is 4.79 Å². The van der Waals surface area contributed by atoms with Gasteiger partial charge in [-0.15, -0.1) is 0 Å². The van der Waals surface area contributed by atoms with Crippen molar-refractivity contribution in [3.05, 3.63) is 46.7 Å². The van der Waals surface area contributed by atoms with Gasteiger partial charge in [0.25, 0.3) is 0 Å². The largest absolute Gasteiger partial charge is 0.468 e. The summed E-state index contributed by atoms with van der Waals surface area (Å²) in [5.41, 5.74) is 5.57. The molecule has 1 aromatic heterocycles. The Morgan fingerprint density at radius 1 is 1.37 bits per heavy atom. The van der Waals surface area contributed by atoms with E-state index >= 15 is 0 Å². The molecule has 4 rings (SSSR count). The summed E-state index contributed by atoms with van der Waals surface area (Å²) in [5, 5.41) is 1.13. The lowest BCUT2D eigenvalue weighted by molar-refractivity contribution is -0.143. The molecule has 0 fully saturated rings.